The van der Waals surface area contributed by atoms with Gasteiger partial charge in [0, 0.05) is 22.8 Å². The van der Waals surface area contributed by atoms with Gasteiger partial charge < -0.3 is 5.32 Å². The van der Waals surface area contributed by atoms with Gasteiger partial charge in [-0.15, -0.1) is 0 Å². The zero-order valence-corrected chi connectivity index (χ0v) is 13.0. The smallest absolute Gasteiger partial charge is 0.192 e. The number of anilines is 1. The maximum atomic E-state index is 13.6. The molecule has 7 heteroatoms. The van der Waals surface area contributed by atoms with Crippen molar-refractivity contribution in [2.24, 2.45) is 0 Å². The van der Waals surface area contributed by atoms with Crippen LogP contribution in [0.15, 0.2) is 46.0 Å². The first-order chi connectivity index (χ1) is 9.36. The van der Waals surface area contributed by atoms with Crippen molar-refractivity contribution in [3.05, 3.63) is 52.4 Å². The van der Waals surface area contributed by atoms with Gasteiger partial charge in [-0.2, -0.15) is 0 Å². The lowest BCUT2D eigenvalue weighted by Gasteiger charge is -2.08. The number of pyridine rings is 1. The first-order valence-electron chi connectivity index (χ1n) is 5.70. The number of rotatable bonds is 4. The van der Waals surface area contributed by atoms with Gasteiger partial charge in [-0.25, -0.2) is 17.8 Å². The first kappa shape index (κ1) is 14.9. The second-order valence-corrected chi connectivity index (χ2v) is 7.12. The molecule has 0 saturated carbocycles. The molecule has 0 aliphatic carbocycles. The van der Waals surface area contributed by atoms with Gasteiger partial charge in [0.05, 0.1) is 11.9 Å². The van der Waals surface area contributed by atoms with Gasteiger partial charge in [0.25, 0.3) is 0 Å². The Kier molecular flexibility index (Phi) is 4.39. The van der Waals surface area contributed by atoms with Crippen molar-refractivity contribution in [1.82, 2.24) is 4.98 Å². The van der Waals surface area contributed by atoms with E-state index in [1.807, 2.05) is 0 Å². The lowest BCUT2D eigenvalue weighted by Crippen LogP contribution is -2.04. The topological polar surface area (TPSA) is 59.1 Å². The highest BCUT2D eigenvalue weighted by Crippen LogP contribution is 2.17. The van der Waals surface area contributed by atoms with Gasteiger partial charge >= 0.3 is 0 Å². The van der Waals surface area contributed by atoms with Gasteiger partial charge in [-0.1, -0.05) is 22.0 Å². The summed E-state index contributed by atoms with van der Waals surface area (Å²) in [5.41, 5.74) is 1.14. The quantitative estimate of drug-likeness (QED) is 0.912. The second kappa shape index (κ2) is 5.88. The highest BCUT2D eigenvalue weighted by molar-refractivity contribution is 9.10. The predicted molar refractivity (Wildman–Crippen MR) is 78.8 cm³/mol. The molecule has 2 rings (SSSR count). The summed E-state index contributed by atoms with van der Waals surface area (Å²) < 4.78 is 36.8. The molecule has 0 radical (unpaired) electrons. The summed E-state index contributed by atoms with van der Waals surface area (Å²) >= 11 is 3.19. The van der Waals surface area contributed by atoms with Crippen molar-refractivity contribution in [3.63, 3.8) is 0 Å². The Morgan fingerprint density at radius 3 is 2.60 bits per heavy atom. The van der Waals surface area contributed by atoms with E-state index in [9.17, 15) is 12.8 Å². The van der Waals surface area contributed by atoms with Gasteiger partial charge in [0.1, 0.15) is 5.82 Å². The van der Waals surface area contributed by atoms with Crippen LogP contribution in [0.1, 0.15) is 5.56 Å². The van der Waals surface area contributed by atoms with Crippen LogP contribution in [0.5, 0.6) is 0 Å². The SMILES string of the molecule is CS(=O)(=O)c1ccc(NCc2ccc(Br)cc2F)cn1. The van der Waals surface area contributed by atoms with Crippen LogP contribution in [0.25, 0.3) is 0 Å². The largest absolute Gasteiger partial charge is 0.380 e. The highest BCUT2D eigenvalue weighted by atomic mass is 79.9. The first-order valence-corrected chi connectivity index (χ1v) is 8.38. The summed E-state index contributed by atoms with van der Waals surface area (Å²) in [7, 11) is -3.30. The van der Waals surface area contributed by atoms with Crippen molar-refractivity contribution < 1.29 is 12.8 Å². The molecule has 1 N–H and O–H groups in total. The highest BCUT2D eigenvalue weighted by Gasteiger charge is 2.08. The Morgan fingerprint density at radius 2 is 2.05 bits per heavy atom. The third-order valence-electron chi connectivity index (χ3n) is 2.61. The van der Waals surface area contributed by atoms with E-state index < -0.39 is 9.84 Å². The van der Waals surface area contributed by atoms with Crippen molar-refractivity contribution in [3.8, 4) is 0 Å². The summed E-state index contributed by atoms with van der Waals surface area (Å²) in [4.78, 5) is 3.85. The maximum absolute atomic E-state index is 13.6. The minimum atomic E-state index is -3.30. The molecule has 0 unspecified atom stereocenters. The molecule has 0 atom stereocenters. The number of benzene rings is 1. The van der Waals surface area contributed by atoms with E-state index in [1.54, 1.807) is 18.2 Å². The van der Waals surface area contributed by atoms with Crippen molar-refractivity contribution >= 4 is 31.5 Å². The van der Waals surface area contributed by atoms with E-state index in [1.165, 1.54) is 18.3 Å². The van der Waals surface area contributed by atoms with Crippen LogP contribution < -0.4 is 5.32 Å². The van der Waals surface area contributed by atoms with E-state index in [2.05, 4.69) is 26.2 Å². The van der Waals surface area contributed by atoms with Crippen LogP contribution in [0, 0.1) is 5.82 Å². The average Bonchev–Trinajstić information content (AvgIpc) is 2.37. The lowest BCUT2D eigenvalue weighted by atomic mass is 10.2. The molecule has 106 valence electrons. The predicted octanol–water partition coefficient (Wildman–Crippen LogP) is 3.00. The summed E-state index contributed by atoms with van der Waals surface area (Å²) in [6, 6.07) is 7.83. The molecule has 1 aromatic carbocycles. The number of nitrogens with one attached hydrogen (secondary N) is 1. The zero-order valence-electron chi connectivity index (χ0n) is 10.6. The van der Waals surface area contributed by atoms with Crippen LogP contribution in [-0.4, -0.2) is 19.7 Å². The molecule has 0 bridgehead atoms. The third kappa shape index (κ3) is 3.77. The third-order valence-corrected chi connectivity index (χ3v) is 4.11. The second-order valence-electron chi connectivity index (χ2n) is 4.25. The zero-order chi connectivity index (χ0) is 14.8. The van der Waals surface area contributed by atoms with Gasteiger partial charge in [-0.3, -0.25) is 0 Å². The molecular formula is C13H12BrFN2O2S. The molecule has 0 saturated heterocycles. The van der Waals surface area contributed by atoms with E-state index >= 15 is 0 Å². The molecular weight excluding hydrogens is 347 g/mol. The molecule has 20 heavy (non-hydrogen) atoms. The van der Waals surface area contributed by atoms with E-state index in [4.69, 9.17) is 0 Å². The molecule has 0 fully saturated rings. The van der Waals surface area contributed by atoms with Gasteiger partial charge in [0.2, 0.25) is 0 Å². The Labute approximate surface area is 125 Å². The minimum absolute atomic E-state index is 0.0119. The molecule has 0 aliphatic heterocycles. The van der Waals surface area contributed by atoms with E-state index in [0.29, 0.717) is 22.3 Å². The van der Waals surface area contributed by atoms with Crippen LogP contribution >= 0.6 is 15.9 Å². The minimum Gasteiger partial charge on any atom is -0.380 e. The number of sulfone groups is 1. The molecule has 0 spiro atoms. The van der Waals surface area contributed by atoms with Crippen molar-refractivity contribution in [1.29, 1.82) is 0 Å². The summed E-state index contributed by atoms with van der Waals surface area (Å²) in [5.74, 6) is -0.312. The molecule has 1 heterocycles. The maximum Gasteiger partial charge on any atom is 0.192 e. The standard InChI is InChI=1S/C13H12BrFN2O2S/c1-20(18,19)13-5-4-11(8-17-13)16-7-9-2-3-10(14)6-12(9)15/h2-6,8,16H,7H2,1H3. The number of nitrogens with zero attached hydrogens (tertiary/aromatic N) is 1. The Balaban J connectivity index is 2.08. The van der Waals surface area contributed by atoms with E-state index in [-0.39, 0.29) is 10.8 Å². The van der Waals surface area contributed by atoms with Gasteiger partial charge in [-0.05, 0) is 24.3 Å². The monoisotopic (exact) mass is 358 g/mol. The molecule has 0 amide bonds. The average molecular weight is 359 g/mol. The fourth-order valence-electron chi connectivity index (χ4n) is 1.57. The van der Waals surface area contributed by atoms with Crippen molar-refractivity contribution in [2.75, 3.05) is 11.6 Å². The van der Waals surface area contributed by atoms with Crippen LogP contribution in [0.4, 0.5) is 10.1 Å². The number of hydrogen-bond donors (Lipinski definition) is 1. The lowest BCUT2D eigenvalue weighted by molar-refractivity contribution is 0.598. The number of hydrogen-bond acceptors (Lipinski definition) is 4. The van der Waals surface area contributed by atoms with Crippen LogP contribution in [-0.2, 0) is 16.4 Å². The fraction of sp³-hybridized carbons (Fsp3) is 0.154. The summed E-state index contributed by atoms with van der Waals surface area (Å²) in [6.07, 6.45) is 2.51. The molecule has 2 aromatic rings. The summed E-state index contributed by atoms with van der Waals surface area (Å²) in [6.45, 7) is 0.291. The number of aromatic nitrogens is 1. The fourth-order valence-corrected chi connectivity index (χ4v) is 2.46. The van der Waals surface area contributed by atoms with Gasteiger partial charge in [0.15, 0.2) is 14.9 Å². The molecule has 1 aromatic heterocycles. The Bertz CT molecular complexity index is 718. The number of halogens is 2. The Morgan fingerprint density at radius 1 is 1.30 bits per heavy atom. The summed E-state index contributed by atoms with van der Waals surface area (Å²) in [5, 5.41) is 3.00. The Hall–Kier alpha value is -1.47. The van der Waals surface area contributed by atoms with Crippen molar-refractivity contribution in [2.45, 2.75) is 11.6 Å². The molecule has 4 nitrogen and oxygen atoms in total. The van der Waals surface area contributed by atoms with Crippen LogP contribution in [0.2, 0.25) is 0 Å². The molecule has 0 aliphatic rings. The normalized spacial score (nSPS) is 11.3. The van der Waals surface area contributed by atoms with Crippen LogP contribution in [0.3, 0.4) is 0 Å². The van der Waals surface area contributed by atoms with E-state index in [0.717, 1.165) is 6.26 Å².